The second-order valence-corrected chi connectivity index (χ2v) is 18.7. The number of ether oxygens (including phenoxy) is 1. The summed E-state index contributed by atoms with van der Waals surface area (Å²) in [6.07, 6.45) is -5.96. The van der Waals surface area contributed by atoms with E-state index in [1.54, 1.807) is 39.0 Å². The van der Waals surface area contributed by atoms with E-state index in [2.05, 4.69) is 32.1 Å². The molecule has 3 aromatic heterocycles. The van der Waals surface area contributed by atoms with Crippen LogP contribution in [-0.4, -0.2) is 85.5 Å². The first-order chi connectivity index (χ1) is 29.6. The number of carbonyl (C=O) groups is 2. The Bertz CT molecular complexity index is 2850. The fraction of sp³-hybridized carbons (Fsp3) is 0.405. The van der Waals surface area contributed by atoms with E-state index in [1.807, 2.05) is 0 Å². The molecule has 7 rings (SSSR count). The van der Waals surface area contributed by atoms with Crippen molar-refractivity contribution in [3.8, 4) is 23.0 Å². The van der Waals surface area contributed by atoms with E-state index in [0.29, 0.717) is 27.2 Å². The maximum absolute atomic E-state index is 15.4. The fourth-order valence-corrected chi connectivity index (χ4v) is 8.28. The number of aryl methyl sites for hydroxylation is 1. The molecule has 2 aliphatic rings. The van der Waals surface area contributed by atoms with Gasteiger partial charge in [0, 0.05) is 41.1 Å². The summed E-state index contributed by atoms with van der Waals surface area (Å²) in [5, 5.41) is 21.8. The number of aromatic nitrogens is 5. The van der Waals surface area contributed by atoms with Gasteiger partial charge >= 0.3 is 12.3 Å². The van der Waals surface area contributed by atoms with Crippen molar-refractivity contribution in [2.75, 3.05) is 24.1 Å². The van der Waals surface area contributed by atoms with E-state index in [1.165, 1.54) is 28.8 Å². The molecule has 2 atom stereocenters. The van der Waals surface area contributed by atoms with Gasteiger partial charge in [-0.05, 0) is 75.4 Å². The number of hydrogen-bond donors (Lipinski definition) is 3. The summed E-state index contributed by atoms with van der Waals surface area (Å²) >= 11 is 0. The number of alkyl halides is 5. The zero-order valence-electron chi connectivity index (χ0n) is 35.0. The fourth-order valence-electron chi connectivity index (χ4n) is 7.78. The highest BCUT2D eigenvalue weighted by Gasteiger charge is 2.54. The Morgan fingerprint density at radius 1 is 1.03 bits per heavy atom. The van der Waals surface area contributed by atoms with Gasteiger partial charge in [0.05, 0.1) is 36.6 Å². The largest absolute Gasteiger partial charge is 0.444 e. The van der Waals surface area contributed by atoms with Crippen LogP contribution in [0.4, 0.5) is 41.3 Å². The highest BCUT2D eigenvalue weighted by molar-refractivity contribution is 7.92. The molecule has 0 radical (unpaired) electrons. The van der Waals surface area contributed by atoms with E-state index in [4.69, 9.17) is 9.72 Å². The minimum absolute atomic E-state index is 0.0301. The zero-order valence-corrected chi connectivity index (χ0v) is 35.9. The Labute approximate surface area is 361 Å². The monoisotopic (exact) mass is 918 g/mol. The summed E-state index contributed by atoms with van der Waals surface area (Å²) in [4.78, 5) is 32.5. The number of benzene rings is 2. The molecule has 0 bridgehead atoms. The smallest absolute Gasteiger partial charge is 0.435 e. The zero-order chi connectivity index (χ0) is 46.9. The number of hydrogen-bond acceptors (Lipinski definition) is 9. The lowest BCUT2D eigenvalue weighted by atomic mass is 9.93. The summed E-state index contributed by atoms with van der Waals surface area (Å²) in [5.74, 6) is -3.03. The molecule has 1 fully saturated rings. The predicted molar refractivity (Wildman–Crippen MR) is 217 cm³/mol. The van der Waals surface area contributed by atoms with Crippen LogP contribution in [0.1, 0.15) is 67.6 Å². The molecule has 0 spiro atoms. The number of carbonyl (C=O) groups excluding carboxylic acids is 2. The van der Waals surface area contributed by atoms with E-state index >= 15 is 8.78 Å². The van der Waals surface area contributed by atoms with Crippen molar-refractivity contribution in [1.82, 2.24) is 34.8 Å². The van der Waals surface area contributed by atoms with Gasteiger partial charge in [-0.25, -0.2) is 27.0 Å². The second-order valence-electron chi connectivity index (χ2n) is 17.0. The first-order valence-electron chi connectivity index (χ1n) is 19.6. The molecule has 340 valence electrons. The number of halogens is 7. The second kappa shape index (κ2) is 16.1. The lowest BCUT2D eigenvalue weighted by Gasteiger charge is -2.43. The van der Waals surface area contributed by atoms with E-state index in [-0.39, 0.29) is 41.4 Å². The van der Waals surface area contributed by atoms with Crippen molar-refractivity contribution in [1.29, 1.82) is 0 Å². The van der Waals surface area contributed by atoms with Crippen LogP contribution < -0.4 is 10.0 Å². The van der Waals surface area contributed by atoms with Gasteiger partial charge < -0.3 is 20.1 Å². The third kappa shape index (κ3) is 9.50. The highest BCUT2D eigenvalue weighted by Crippen LogP contribution is 2.49. The van der Waals surface area contributed by atoms with Gasteiger partial charge in [-0.3, -0.25) is 18.9 Å². The lowest BCUT2D eigenvalue weighted by Crippen LogP contribution is -2.63. The molecule has 64 heavy (non-hydrogen) atoms. The molecular formula is C42H41F7N8O6S. The molecule has 14 nitrogen and oxygen atoms in total. The highest BCUT2D eigenvalue weighted by atomic mass is 32.2. The van der Waals surface area contributed by atoms with Gasteiger partial charge in [-0.15, -0.1) is 0 Å². The van der Waals surface area contributed by atoms with Gasteiger partial charge in [0.25, 0.3) is 5.92 Å². The van der Waals surface area contributed by atoms with Crippen LogP contribution in [0.25, 0.3) is 22.0 Å². The topological polar surface area (TPSA) is 174 Å². The maximum atomic E-state index is 15.4. The summed E-state index contributed by atoms with van der Waals surface area (Å²) in [5.41, 5.74) is -5.11. The Hall–Kier alpha value is -6.21. The molecule has 1 aliphatic heterocycles. The van der Waals surface area contributed by atoms with Gasteiger partial charge in [0.15, 0.2) is 17.1 Å². The normalized spacial score (nSPS) is 17.3. The van der Waals surface area contributed by atoms with Crippen LogP contribution in [0.15, 0.2) is 48.5 Å². The van der Waals surface area contributed by atoms with Crippen molar-refractivity contribution in [2.24, 2.45) is 13.0 Å². The minimum atomic E-state index is -5.12. The Morgan fingerprint density at radius 2 is 1.70 bits per heavy atom. The first-order valence-corrected chi connectivity index (χ1v) is 21.5. The summed E-state index contributed by atoms with van der Waals surface area (Å²) in [7, 11) is -2.30. The van der Waals surface area contributed by atoms with E-state index in [9.17, 15) is 45.1 Å². The number of likely N-dealkylation sites (tertiary alicyclic amines) is 1. The standard InChI is InChI=1S/C42H41F7N8O6S/c1-22-14-30-35(42(47,48)49)52-57(36(30)41(22,45)46)19-32(58)51-31(17-23-15-24(43)18-25(44)16-23)33-27(28-8-7-9-29-34(28)55(5)53-37(29)54-64(6,61)62)11-10-26(50-33)12-13-40(60)20-56(21-40)38(59)63-39(2,3)4/h7-11,15-16,18,22,31,60H,14,17,19-21H2,1-6H3,(H,51,58)(H,53,54)/t22-,31+/m1/s1. The number of β-amino-alcohol motifs (C(OH)–C–C–N with tert-alkyl or cyclic N) is 1. The third-order valence-electron chi connectivity index (χ3n) is 10.4. The quantitative estimate of drug-likeness (QED) is 0.115. The van der Waals surface area contributed by atoms with Crippen LogP contribution in [0, 0.1) is 29.4 Å². The van der Waals surface area contributed by atoms with Crippen LogP contribution in [-0.2, 0) is 58.1 Å². The lowest BCUT2D eigenvalue weighted by molar-refractivity contribution is -0.142. The molecule has 1 saturated heterocycles. The molecule has 0 unspecified atom stereocenters. The molecular weight excluding hydrogens is 878 g/mol. The Kier molecular flexibility index (Phi) is 11.5. The van der Waals surface area contributed by atoms with Gasteiger partial charge in [-0.1, -0.05) is 25.0 Å². The number of para-hydroxylation sites is 1. The summed E-state index contributed by atoms with van der Waals surface area (Å²) < 4.78 is 136. The summed E-state index contributed by atoms with van der Waals surface area (Å²) in [6.45, 7) is 4.53. The van der Waals surface area contributed by atoms with Crippen LogP contribution >= 0.6 is 0 Å². The number of pyridine rings is 1. The van der Waals surface area contributed by atoms with Crippen LogP contribution in [0.3, 0.4) is 0 Å². The first kappa shape index (κ1) is 45.8. The predicted octanol–water partition coefficient (Wildman–Crippen LogP) is 6.22. The third-order valence-corrected chi connectivity index (χ3v) is 11.0. The Morgan fingerprint density at radius 3 is 2.33 bits per heavy atom. The van der Waals surface area contributed by atoms with Gasteiger partial charge in [0.2, 0.25) is 15.9 Å². The van der Waals surface area contributed by atoms with Crippen LogP contribution in [0.5, 0.6) is 0 Å². The van der Waals surface area contributed by atoms with Crippen molar-refractivity contribution in [2.45, 2.75) is 76.4 Å². The number of anilines is 1. The molecule has 0 saturated carbocycles. The molecule has 2 amide bonds. The number of nitrogens with zero attached hydrogens (tertiary/aromatic N) is 6. The van der Waals surface area contributed by atoms with Crippen molar-refractivity contribution in [3.63, 3.8) is 0 Å². The Balaban J connectivity index is 1.35. The number of nitrogens with one attached hydrogen (secondary N) is 2. The van der Waals surface area contributed by atoms with Gasteiger partial charge in [-0.2, -0.15) is 32.1 Å². The SMILES string of the molecule is C[C@@H]1Cc2c(C(F)(F)F)nn(CC(=O)N[C@@H](Cc3cc(F)cc(F)c3)c3nc(C#CC4(O)CN(C(=O)OC(C)(C)C)C4)ccc3-c3cccc4c(NS(C)(=O)=O)nn(C)c34)c2C1(F)F. The van der Waals surface area contributed by atoms with E-state index in [0.717, 1.165) is 25.3 Å². The van der Waals surface area contributed by atoms with Crippen molar-refractivity contribution in [3.05, 3.63) is 94.1 Å². The molecule has 1 aliphatic carbocycles. The number of rotatable bonds is 9. The number of aliphatic hydroxyl groups is 1. The molecule has 2 aromatic carbocycles. The van der Waals surface area contributed by atoms with E-state index < -0.39 is 105 Å². The van der Waals surface area contributed by atoms with Gasteiger partial charge in [0.1, 0.15) is 35.2 Å². The molecule has 4 heterocycles. The van der Waals surface area contributed by atoms with Crippen molar-refractivity contribution >= 4 is 38.7 Å². The minimum Gasteiger partial charge on any atom is -0.444 e. The molecule has 3 N–H and O–H groups in total. The maximum Gasteiger partial charge on any atom is 0.435 e. The molecule has 22 heteroatoms. The average Bonchev–Trinajstić information content (AvgIpc) is 3.74. The summed E-state index contributed by atoms with van der Waals surface area (Å²) in [6, 6.07) is 8.82. The number of amides is 2. The average molecular weight is 919 g/mol. The number of fused-ring (bicyclic) bond motifs is 2. The number of sulfonamides is 1. The molecule has 5 aromatic rings. The van der Waals surface area contributed by atoms with Crippen LogP contribution in [0.2, 0.25) is 0 Å². The van der Waals surface area contributed by atoms with Crippen molar-refractivity contribution < 1.29 is 58.6 Å².